The highest BCUT2D eigenvalue weighted by Gasteiger charge is 2.29. The molecule has 194 valence electrons. The van der Waals surface area contributed by atoms with Crippen LogP contribution in [0.1, 0.15) is 12.5 Å². The summed E-state index contributed by atoms with van der Waals surface area (Å²) in [5.41, 5.74) is 3.89. The SMILES string of the molecule is COc1ccc(S(=O)(=O)N(CC(=O)N/N=C(/C)c2ccc3c(c2)OCCO3)c2ccccc2OC)cc1. The minimum atomic E-state index is -4.15. The number of hydrazone groups is 1. The lowest BCUT2D eigenvalue weighted by Gasteiger charge is -2.25. The third-order valence-corrected chi connectivity index (χ3v) is 7.37. The monoisotopic (exact) mass is 525 g/mol. The Kier molecular flexibility index (Phi) is 7.83. The zero-order valence-electron chi connectivity index (χ0n) is 20.6. The maximum absolute atomic E-state index is 13.6. The average Bonchev–Trinajstić information content (AvgIpc) is 2.94. The minimum absolute atomic E-state index is 0.0111. The summed E-state index contributed by atoms with van der Waals surface area (Å²) in [6.45, 7) is 2.12. The lowest BCUT2D eigenvalue weighted by molar-refractivity contribution is -0.119. The van der Waals surface area contributed by atoms with Crippen LogP contribution in [0.25, 0.3) is 0 Å². The molecule has 0 atom stereocenters. The molecular formula is C26H27N3O7S. The van der Waals surface area contributed by atoms with E-state index >= 15 is 0 Å². The number of nitrogens with one attached hydrogen (secondary N) is 1. The number of methoxy groups -OCH3 is 2. The summed E-state index contributed by atoms with van der Waals surface area (Å²) in [5.74, 6) is 1.40. The van der Waals surface area contributed by atoms with Crippen LogP contribution in [0.15, 0.2) is 76.7 Å². The Hall–Kier alpha value is -4.25. The Labute approximate surface area is 215 Å². The number of sulfonamides is 1. The van der Waals surface area contributed by atoms with Crippen LogP contribution in [0, 0.1) is 0 Å². The number of ether oxygens (including phenoxy) is 4. The van der Waals surface area contributed by atoms with Crippen molar-refractivity contribution in [2.24, 2.45) is 5.10 Å². The van der Waals surface area contributed by atoms with Crippen LogP contribution in [-0.4, -0.2) is 54.0 Å². The molecule has 0 saturated heterocycles. The molecule has 1 aliphatic heterocycles. The van der Waals surface area contributed by atoms with E-state index in [9.17, 15) is 13.2 Å². The van der Waals surface area contributed by atoms with E-state index < -0.39 is 22.5 Å². The van der Waals surface area contributed by atoms with Gasteiger partial charge in [-0.25, -0.2) is 13.8 Å². The predicted molar refractivity (Wildman–Crippen MR) is 138 cm³/mol. The lowest BCUT2D eigenvalue weighted by Crippen LogP contribution is -2.40. The highest BCUT2D eigenvalue weighted by atomic mass is 32.2. The van der Waals surface area contributed by atoms with Gasteiger partial charge in [-0.1, -0.05) is 12.1 Å². The fourth-order valence-electron chi connectivity index (χ4n) is 3.66. The largest absolute Gasteiger partial charge is 0.497 e. The van der Waals surface area contributed by atoms with Crippen LogP contribution < -0.4 is 28.7 Å². The summed E-state index contributed by atoms with van der Waals surface area (Å²) in [4.78, 5) is 12.9. The number of hydrogen-bond donors (Lipinski definition) is 1. The minimum Gasteiger partial charge on any atom is -0.497 e. The third kappa shape index (κ3) is 5.78. The maximum Gasteiger partial charge on any atom is 0.264 e. The third-order valence-electron chi connectivity index (χ3n) is 5.60. The summed E-state index contributed by atoms with van der Waals surface area (Å²) in [6.07, 6.45) is 0. The van der Waals surface area contributed by atoms with Gasteiger partial charge in [-0.05, 0) is 61.5 Å². The van der Waals surface area contributed by atoms with Crippen molar-refractivity contribution in [3.05, 3.63) is 72.3 Å². The number of nitrogens with zero attached hydrogens (tertiary/aromatic N) is 2. The second kappa shape index (κ2) is 11.2. The van der Waals surface area contributed by atoms with Crippen LogP contribution in [0.4, 0.5) is 5.69 Å². The van der Waals surface area contributed by atoms with Gasteiger partial charge in [0.1, 0.15) is 31.3 Å². The van der Waals surface area contributed by atoms with Gasteiger partial charge in [0, 0.05) is 5.56 Å². The number of carbonyl (C=O) groups is 1. The highest BCUT2D eigenvalue weighted by Crippen LogP contribution is 2.33. The van der Waals surface area contributed by atoms with Crippen molar-refractivity contribution in [3.63, 3.8) is 0 Å². The van der Waals surface area contributed by atoms with Crippen LogP contribution in [-0.2, 0) is 14.8 Å². The Bertz CT molecular complexity index is 1410. The molecule has 0 saturated carbocycles. The van der Waals surface area contributed by atoms with Gasteiger partial charge < -0.3 is 18.9 Å². The maximum atomic E-state index is 13.6. The quantitative estimate of drug-likeness (QED) is 0.337. The fraction of sp³-hybridized carbons (Fsp3) is 0.231. The first-order chi connectivity index (χ1) is 17.8. The number of para-hydroxylation sites is 2. The number of benzene rings is 3. The number of hydrogen-bond acceptors (Lipinski definition) is 8. The van der Waals surface area contributed by atoms with Crippen LogP contribution in [0.2, 0.25) is 0 Å². The molecule has 0 aliphatic carbocycles. The highest BCUT2D eigenvalue weighted by molar-refractivity contribution is 7.92. The molecule has 0 unspecified atom stereocenters. The summed E-state index contributed by atoms with van der Waals surface area (Å²) < 4.78 is 49.8. The van der Waals surface area contributed by atoms with E-state index in [2.05, 4.69) is 10.5 Å². The Balaban J connectivity index is 1.59. The molecule has 1 aliphatic rings. The van der Waals surface area contributed by atoms with Gasteiger partial charge >= 0.3 is 0 Å². The first-order valence-electron chi connectivity index (χ1n) is 11.4. The van der Waals surface area contributed by atoms with Crippen molar-refractivity contribution in [3.8, 4) is 23.0 Å². The summed E-state index contributed by atoms with van der Waals surface area (Å²) in [5, 5.41) is 4.16. The Morgan fingerprint density at radius 1 is 0.973 bits per heavy atom. The smallest absolute Gasteiger partial charge is 0.264 e. The molecule has 0 radical (unpaired) electrons. The van der Waals surface area contributed by atoms with E-state index in [1.165, 1.54) is 38.5 Å². The van der Waals surface area contributed by atoms with Gasteiger partial charge in [0.25, 0.3) is 15.9 Å². The zero-order valence-corrected chi connectivity index (χ0v) is 21.4. The molecule has 0 bridgehead atoms. The van der Waals surface area contributed by atoms with E-state index in [0.29, 0.717) is 41.9 Å². The number of anilines is 1. The van der Waals surface area contributed by atoms with Gasteiger partial charge in [0.15, 0.2) is 11.5 Å². The van der Waals surface area contributed by atoms with Crippen LogP contribution in [0.3, 0.4) is 0 Å². The molecule has 3 aromatic carbocycles. The van der Waals surface area contributed by atoms with E-state index in [-0.39, 0.29) is 10.6 Å². The first-order valence-corrected chi connectivity index (χ1v) is 12.8. The molecule has 1 heterocycles. The topological polar surface area (TPSA) is 116 Å². The van der Waals surface area contributed by atoms with Crippen molar-refractivity contribution in [2.45, 2.75) is 11.8 Å². The molecule has 4 rings (SSSR count). The van der Waals surface area contributed by atoms with Crippen molar-refractivity contribution < 1.29 is 32.2 Å². The number of amides is 1. The second-order valence-electron chi connectivity index (χ2n) is 7.95. The van der Waals surface area contributed by atoms with Gasteiger partial charge in [0.2, 0.25) is 0 Å². The summed E-state index contributed by atoms with van der Waals surface area (Å²) in [6, 6.07) is 17.8. The van der Waals surface area contributed by atoms with Gasteiger partial charge in [-0.3, -0.25) is 9.10 Å². The number of carbonyl (C=O) groups excluding carboxylic acids is 1. The van der Waals surface area contributed by atoms with Crippen molar-refractivity contribution in [1.29, 1.82) is 0 Å². The standard InChI is InChI=1S/C26H27N3O7S/c1-18(19-8-13-24-25(16-19)36-15-14-35-24)27-28-26(30)17-29(22-6-4-5-7-23(22)34-3)37(31,32)21-11-9-20(33-2)10-12-21/h4-13,16H,14-15,17H2,1-3H3,(H,28,30)/b27-18-. The second-order valence-corrected chi connectivity index (χ2v) is 9.81. The fourth-order valence-corrected chi connectivity index (χ4v) is 5.09. The summed E-state index contributed by atoms with van der Waals surface area (Å²) in [7, 11) is -1.23. The van der Waals surface area contributed by atoms with E-state index in [4.69, 9.17) is 18.9 Å². The van der Waals surface area contributed by atoms with Crippen LogP contribution in [0.5, 0.6) is 23.0 Å². The van der Waals surface area contributed by atoms with Crippen molar-refractivity contribution >= 4 is 27.3 Å². The van der Waals surface area contributed by atoms with Crippen molar-refractivity contribution in [1.82, 2.24) is 5.43 Å². The average molecular weight is 526 g/mol. The molecular weight excluding hydrogens is 498 g/mol. The normalized spacial score (nSPS) is 13.0. The first kappa shape index (κ1) is 25.8. The molecule has 1 amide bonds. The molecule has 0 aromatic heterocycles. The molecule has 10 nitrogen and oxygen atoms in total. The van der Waals surface area contributed by atoms with E-state index in [0.717, 1.165) is 9.87 Å². The Morgan fingerprint density at radius 2 is 1.68 bits per heavy atom. The van der Waals surface area contributed by atoms with Crippen molar-refractivity contribution in [2.75, 3.05) is 38.3 Å². The molecule has 1 N–H and O–H groups in total. The van der Waals surface area contributed by atoms with E-state index in [1.54, 1.807) is 49.4 Å². The van der Waals surface area contributed by atoms with Gasteiger partial charge in [-0.2, -0.15) is 5.10 Å². The summed E-state index contributed by atoms with van der Waals surface area (Å²) >= 11 is 0. The van der Waals surface area contributed by atoms with Gasteiger partial charge in [0.05, 0.1) is 30.5 Å². The molecule has 0 spiro atoms. The molecule has 3 aromatic rings. The van der Waals surface area contributed by atoms with E-state index in [1.807, 2.05) is 0 Å². The van der Waals surface area contributed by atoms with Gasteiger partial charge in [-0.15, -0.1) is 0 Å². The number of fused-ring (bicyclic) bond motifs is 1. The predicted octanol–water partition coefficient (Wildman–Crippen LogP) is 3.21. The molecule has 0 fully saturated rings. The Morgan fingerprint density at radius 3 is 2.38 bits per heavy atom. The zero-order chi connectivity index (χ0) is 26.4. The lowest BCUT2D eigenvalue weighted by atomic mass is 10.1. The van der Waals surface area contributed by atoms with Crippen LogP contribution >= 0.6 is 0 Å². The molecule has 11 heteroatoms. The number of rotatable bonds is 9. The molecule has 37 heavy (non-hydrogen) atoms.